The van der Waals surface area contributed by atoms with Crippen LogP contribution in [0, 0.1) is 0 Å². The molecule has 0 saturated heterocycles. The number of methoxy groups -OCH3 is 1. The molecule has 3 aromatic rings. The van der Waals surface area contributed by atoms with E-state index in [1.165, 1.54) is 33.2 Å². The second-order valence-electron chi connectivity index (χ2n) is 7.57. The Bertz CT molecular complexity index is 1020. The zero-order valence-electron chi connectivity index (χ0n) is 17.6. The molecule has 0 radical (unpaired) electrons. The summed E-state index contributed by atoms with van der Waals surface area (Å²) in [6.07, 6.45) is 7.08. The second-order valence-corrected chi connectivity index (χ2v) is 7.57. The third-order valence-corrected chi connectivity index (χ3v) is 6.01. The first kappa shape index (κ1) is 19.4. The van der Waals surface area contributed by atoms with E-state index in [2.05, 4.69) is 59.9 Å². The molecule has 0 spiro atoms. The lowest BCUT2D eigenvalue weighted by atomic mass is 9.88. The topological polar surface area (TPSA) is 37.5 Å². The van der Waals surface area contributed by atoms with Gasteiger partial charge in [0.25, 0.3) is 0 Å². The Morgan fingerprint density at radius 1 is 1.21 bits per heavy atom. The van der Waals surface area contributed by atoms with E-state index in [1.54, 1.807) is 7.11 Å². The molecule has 1 aliphatic heterocycles. The van der Waals surface area contributed by atoms with Gasteiger partial charge >= 0.3 is 0 Å². The number of nitrogens with one attached hydrogen (secondary N) is 1. The van der Waals surface area contributed by atoms with Crippen LogP contribution in [-0.4, -0.2) is 30.1 Å². The molecule has 4 rings (SSSR count). The van der Waals surface area contributed by atoms with E-state index in [0.717, 1.165) is 37.3 Å². The number of ether oxygens (including phenoxy) is 2. The van der Waals surface area contributed by atoms with Crippen molar-refractivity contribution in [3.63, 3.8) is 0 Å². The zero-order chi connectivity index (χ0) is 20.4. The standard InChI is InChI=1S/C25H30N2O2/c1-5-17-8-9-22-20(12-17)19(16-26-22)13-23-21-15-25(29-7-3)24(28-4)14-18(21)10-11-27(23)6-2/h6,8-9,12,14-16,23,26H,2,5,7,10-11,13H2,1,3-4H3. The van der Waals surface area contributed by atoms with Crippen LogP contribution in [0.15, 0.2) is 49.3 Å². The van der Waals surface area contributed by atoms with Gasteiger partial charge in [-0.1, -0.05) is 19.6 Å². The number of H-pyrrole nitrogens is 1. The summed E-state index contributed by atoms with van der Waals surface area (Å²) >= 11 is 0. The number of aromatic nitrogens is 1. The van der Waals surface area contributed by atoms with Crippen LogP contribution in [-0.2, 0) is 19.3 Å². The highest BCUT2D eigenvalue weighted by atomic mass is 16.5. The van der Waals surface area contributed by atoms with Crippen molar-refractivity contribution >= 4 is 10.9 Å². The van der Waals surface area contributed by atoms with Crippen molar-refractivity contribution in [2.75, 3.05) is 20.3 Å². The predicted molar refractivity (Wildman–Crippen MR) is 119 cm³/mol. The highest BCUT2D eigenvalue weighted by Gasteiger charge is 2.28. The van der Waals surface area contributed by atoms with Crippen LogP contribution in [0.5, 0.6) is 11.5 Å². The predicted octanol–water partition coefficient (Wildman–Crippen LogP) is 5.42. The molecule has 2 aromatic carbocycles. The number of nitrogens with zero attached hydrogens (tertiary/aromatic N) is 1. The molecule has 1 atom stereocenters. The smallest absolute Gasteiger partial charge is 0.161 e. The molecule has 0 amide bonds. The maximum absolute atomic E-state index is 5.87. The third kappa shape index (κ3) is 3.59. The van der Waals surface area contributed by atoms with Crippen molar-refractivity contribution in [1.29, 1.82) is 0 Å². The lowest BCUT2D eigenvalue weighted by Gasteiger charge is -2.37. The molecule has 2 heterocycles. The lowest BCUT2D eigenvalue weighted by molar-refractivity contribution is 0.259. The average molecular weight is 391 g/mol. The SMILES string of the molecule is C=CN1CCc2cc(OC)c(OCC)cc2C1Cc1c[nH]c2ccc(CC)cc12. The van der Waals surface area contributed by atoms with E-state index in [0.29, 0.717) is 6.61 Å². The Hall–Kier alpha value is -2.88. The number of benzene rings is 2. The van der Waals surface area contributed by atoms with Crippen molar-refractivity contribution in [1.82, 2.24) is 9.88 Å². The van der Waals surface area contributed by atoms with Crippen LogP contribution in [0.3, 0.4) is 0 Å². The normalized spacial score (nSPS) is 16.0. The fourth-order valence-corrected chi connectivity index (χ4v) is 4.42. The van der Waals surface area contributed by atoms with E-state index in [4.69, 9.17) is 9.47 Å². The monoisotopic (exact) mass is 390 g/mol. The number of hydrogen-bond acceptors (Lipinski definition) is 3. The molecule has 1 aliphatic rings. The molecule has 0 saturated carbocycles. The Labute approximate surface area is 173 Å². The van der Waals surface area contributed by atoms with Gasteiger partial charge < -0.3 is 19.4 Å². The second kappa shape index (κ2) is 8.24. The van der Waals surface area contributed by atoms with Gasteiger partial charge in [-0.25, -0.2) is 0 Å². The molecule has 1 aromatic heterocycles. The van der Waals surface area contributed by atoms with E-state index in [9.17, 15) is 0 Å². The maximum Gasteiger partial charge on any atom is 0.161 e. The summed E-state index contributed by atoms with van der Waals surface area (Å²) in [4.78, 5) is 5.80. The van der Waals surface area contributed by atoms with Crippen molar-refractivity contribution in [2.45, 2.75) is 39.2 Å². The van der Waals surface area contributed by atoms with Crippen LogP contribution in [0.4, 0.5) is 0 Å². The summed E-state index contributed by atoms with van der Waals surface area (Å²) in [5.41, 5.74) is 6.55. The largest absolute Gasteiger partial charge is 0.493 e. The minimum atomic E-state index is 0.227. The van der Waals surface area contributed by atoms with E-state index < -0.39 is 0 Å². The lowest BCUT2D eigenvalue weighted by Crippen LogP contribution is -2.32. The first-order chi connectivity index (χ1) is 14.2. The van der Waals surface area contributed by atoms with Gasteiger partial charge in [0.05, 0.1) is 19.8 Å². The summed E-state index contributed by atoms with van der Waals surface area (Å²) in [6.45, 7) is 9.86. The molecule has 4 nitrogen and oxygen atoms in total. The van der Waals surface area contributed by atoms with E-state index in [-0.39, 0.29) is 6.04 Å². The highest BCUT2D eigenvalue weighted by molar-refractivity contribution is 5.84. The van der Waals surface area contributed by atoms with Gasteiger partial charge in [0.1, 0.15) is 0 Å². The Balaban J connectivity index is 1.77. The molecule has 152 valence electrons. The minimum absolute atomic E-state index is 0.227. The molecule has 0 bridgehead atoms. The van der Waals surface area contributed by atoms with E-state index in [1.807, 2.05) is 13.1 Å². The number of hydrogen-bond donors (Lipinski definition) is 1. The fraction of sp³-hybridized carbons (Fsp3) is 0.360. The molecule has 0 fully saturated rings. The molecular formula is C25H30N2O2. The summed E-state index contributed by atoms with van der Waals surface area (Å²) in [5.74, 6) is 1.63. The summed E-state index contributed by atoms with van der Waals surface area (Å²) in [5, 5.41) is 1.32. The number of fused-ring (bicyclic) bond motifs is 2. The Morgan fingerprint density at radius 2 is 2.07 bits per heavy atom. The van der Waals surface area contributed by atoms with Gasteiger partial charge in [-0.2, -0.15) is 0 Å². The van der Waals surface area contributed by atoms with Gasteiger partial charge in [-0.15, -0.1) is 0 Å². The molecule has 1 unspecified atom stereocenters. The van der Waals surface area contributed by atoms with Gasteiger partial charge in [-0.05, 0) is 78.9 Å². The van der Waals surface area contributed by atoms with Crippen LogP contribution in [0.25, 0.3) is 10.9 Å². The fourth-order valence-electron chi connectivity index (χ4n) is 4.42. The van der Waals surface area contributed by atoms with E-state index >= 15 is 0 Å². The zero-order valence-corrected chi connectivity index (χ0v) is 17.6. The van der Waals surface area contributed by atoms with Crippen molar-refractivity contribution < 1.29 is 9.47 Å². The van der Waals surface area contributed by atoms with Crippen LogP contribution < -0.4 is 9.47 Å². The number of rotatable bonds is 7. The highest BCUT2D eigenvalue weighted by Crippen LogP contribution is 2.40. The third-order valence-electron chi connectivity index (χ3n) is 6.01. The van der Waals surface area contributed by atoms with Crippen LogP contribution >= 0.6 is 0 Å². The first-order valence-electron chi connectivity index (χ1n) is 10.5. The minimum Gasteiger partial charge on any atom is -0.493 e. The number of aromatic amines is 1. The molecule has 0 aliphatic carbocycles. The summed E-state index contributed by atoms with van der Waals surface area (Å²) in [6, 6.07) is 11.3. The first-order valence-corrected chi connectivity index (χ1v) is 10.5. The van der Waals surface area contributed by atoms with Crippen molar-refractivity contribution in [3.8, 4) is 11.5 Å². The van der Waals surface area contributed by atoms with Crippen molar-refractivity contribution in [3.05, 3.63) is 71.6 Å². The van der Waals surface area contributed by atoms with Crippen molar-refractivity contribution in [2.24, 2.45) is 0 Å². The summed E-state index contributed by atoms with van der Waals surface area (Å²) < 4.78 is 11.4. The number of aryl methyl sites for hydroxylation is 1. The Morgan fingerprint density at radius 3 is 2.79 bits per heavy atom. The van der Waals surface area contributed by atoms with Gasteiger partial charge in [-0.3, -0.25) is 0 Å². The maximum atomic E-state index is 5.87. The van der Waals surface area contributed by atoms with Gasteiger partial charge in [0.2, 0.25) is 0 Å². The average Bonchev–Trinajstić information content (AvgIpc) is 3.15. The molecular weight excluding hydrogens is 360 g/mol. The summed E-state index contributed by atoms with van der Waals surface area (Å²) in [7, 11) is 1.71. The molecule has 1 N–H and O–H groups in total. The van der Waals surface area contributed by atoms with Crippen LogP contribution in [0.1, 0.15) is 42.1 Å². The molecule has 4 heteroatoms. The Kier molecular flexibility index (Phi) is 5.52. The van der Waals surface area contributed by atoms with Crippen LogP contribution in [0.2, 0.25) is 0 Å². The van der Waals surface area contributed by atoms with Gasteiger partial charge in [0.15, 0.2) is 11.5 Å². The van der Waals surface area contributed by atoms with Gasteiger partial charge in [0, 0.05) is 23.6 Å². The quantitative estimate of drug-likeness (QED) is 0.585. The molecule has 29 heavy (non-hydrogen) atoms.